The second kappa shape index (κ2) is 8.10. The molecule has 0 saturated carbocycles. The Balaban J connectivity index is 1.85. The molecule has 0 fully saturated rings. The number of aromatic nitrogens is 1. The number of hydrogen-bond donors (Lipinski definition) is 1. The molecule has 0 aliphatic heterocycles. The van der Waals surface area contributed by atoms with Crippen molar-refractivity contribution < 1.29 is 4.79 Å². The number of amides is 1. The van der Waals surface area contributed by atoms with Gasteiger partial charge in [-0.25, -0.2) is 4.98 Å². The molecule has 4 aromatic rings. The fourth-order valence-corrected chi connectivity index (χ4v) is 4.26. The van der Waals surface area contributed by atoms with Gasteiger partial charge >= 0.3 is 0 Å². The number of pyridine rings is 1. The van der Waals surface area contributed by atoms with E-state index in [2.05, 4.69) is 17.4 Å². The Hall–Kier alpha value is -2.88. The van der Waals surface area contributed by atoms with Crippen molar-refractivity contribution in [3.63, 3.8) is 0 Å². The minimum atomic E-state index is -0.185. The van der Waals surface area contributed by atoms with Crippen LogP contribution in [0.25, 0.3) is 22.2 Å². The van der Waals surface area contributed by atoms with Crippen LogP contribution in [0.1, 0.15) is 27.0 Å². The average molecular weight is 435 g/mol. The Bertz CT molecular complexity index is 1270. The molecule has 3 aromatic carbocycles. The van der Waals surface area contributed by atoms with Crippen molar-refractivity contribution >= 4 is 45.7 Å². The van der Waals surface area contributed by atoms with Crippen molar-refractivity contribution in [3.05, 3.63) is 93.0 Å². The highest BCUT2D eigenvalue weighted by Gasteiger charge is 2.17. The number of benzene rings is 3. The van der Waals surface area contributed by atoms with Gasteiger partial charge in [0.1, 0.15) is 0 Å². The van der Waals surface area contributed by atoms with Gasteiger partial charge in [-0.1, -0.05) is 59.1 Å². The van der Waals surface area contributed by atoms with Crippen molar-refractivity contribution in [2.24, 2.45) is 0 Å². The molecule has 0 bridgehead atoms. The molecule has 5 heteroatoms. The van der Waals surface area contributed by atoms with Crippen LogP contribution in [0.3, 0.4) is 0 Å². The van der Waals surface area contributed by atoms with Gasteiger partial charge in [0.15, 0.2) is 0 Å². The smallest absolute Gasteiger partial charge is 0.256 e. The van der Waals surface area contributed by atoms with E-state index in [1.165, 1.54) is 0 Å². The first-order valence-corrected chi connectivity index (χ1v) is 10.3. The van der Waals surface area contributed by atoms with Crippen LogP contribution in [0, 0.1) is 20.8 Å². The van der Waals surface area contributed by atoms with E-state index in [0.717, 1.165) is 38.8 Å². The second-order valence-corrected chi connectivity index (χ2v) is 8.27. The largest absolute Gasteiger partial charge is 0.321 e. The Morgan fingerprint density at radius 2 is 1.60 bits per heavy atom. The third-order valence-corrected chi connectivity index (χ3v) is 5.63. The average Bonchev–Trinajstić information content (AvgIpc) is 2.69. The predicted octanol–water partition coefficient (Wildman–Crippen LogP) is 7.39. The van der Waals surface area contributed by atoms with Gasteiger partial charge in [0, 0.05) is 21.7 Å². The van der Waals surface area contributed by atoms with Crippen molar-refractivity contribution in [1.29, 1.82) is 0 Å². The Morgan fingerprint density at radius 3 is 2.30 bits per heavy atom. The van der Waals surface area contributed by atoms with E-state index in [1.54, 1.807) is 18.2 Å². The molecule has 4 rings (SSSR count). The maximum atomic E-state index is 13.3. The van der Waals surface area contributed by atoms with E-state index in [9.17, 15) is 4.79 Å². The standard InChI is InChI=1S/C25H20Cl2N2O/c1-14-10-15(2)24(16(3)11-14)29-25(30)20-13-23(19-9-8-17(26)12-21(19)27)28-22-7-5-4-6-18(20)22/h4-13H,1-3H3,(H,29,30). The number of nitrogens with zero attached hydrogens (tertiary/aromatic N) is 1. The molecular weight excluding hydrogens is 415 g/mol. The number of aryl methyl sites for hydroxylation is 3. The van der Waals surface area contributed by atoms with Crippen LogP contribution in [0.15, 0.2) is 60.7 Å². The second-order valence-electron chi connectivity index (χ2n) is 7.42. The SMILES string of the molecule is Cc1cc(C)c(NC(=O)c2cc(-c3ccc(Cl)cc3Cl)nc3ccccc23)c(C)c1. The van der Waals surface area contributed by atoms with E-state index >= 15 is 0 Å². The van der Waals surface area contributed by atoms with E-state index in [1.807, 2.05) is 51.1 Å². The van der Waals surface area contributed by atoms with Gasteiger partial charge in [-0.3, -0.25) is 4.79 Å². The number of carbonyl (C=O) groups excluding carboxylic acids is 1. The summed E-state index contributed by atoms with van der Waals surface area (Å²) in [6.07, 6.45) is 0. The van der Waals surface area contributed by atoms with Crippen LogP contribution in [-0.4, -0.2) is 10.9 Å². The van der Waals surface area contributed by atoms with E-state index < -0.39 is 0 Å². The summed E-state index contributed by atoms with van der Waals surface area (Å²) >= 11 is 12.5. The predicted molar refractivity (Wildman–Crippen MR) is 126 cm³/mol. The van der Waals surface area contributed by atoms with Gasteiger partial charge in [0.2, 0.25) is 0 Å². The number of fused-ring (bicyclic) bond motifs is 1. The van der Waals surface area contributed by atoms with Crippen LogP contribution >= 0.6 is 23.2 Å². The van der Waals surface area contributed by atoms with E-state index in [-0.39, 0.29) is 5.91 Å². The summed E-state index contributed by atoms with van der Waals surface area (Å²) in [6, 6.07) is 18.8. The molecule has 0 radical (unpaired) electrons. The van der Waals surface area contributed by atoms with Crippen LogP contribution in [0.4, 0.5) is 5.69 Å². The molecule has 0 spiro atoms. The molecule has 1 aromatic heterocycles. The number of carbonyl (C=O) groups is 1. The summed E-state index contributed by atoms with van der Waals surface area (Å²) in [7, 11) is 0. The zero-order valence-corrected chi connectivity index (χ0v) is 18.4. The molecule has 3 nitrogen and oxygen atoms in total. The van der Waals surface area contributed by atoms with E-state index in [0.29, 0.717) is 21.3 Å². The Morgan fingerprint density at radius 1 is 0.900 bits per heavy atom. The highest BCUT2D eigenvalue weighted by molar-refractivity contribution is 6.36. The zero-order chi connectivity index (χ0) is 21.4. The van der Waals surface area contributed by atoms with Gasteiger partial charge < -0.3 is 5.32 Å². The summed E-state index contributed by atoms with van der Waals surface area (Å²) in [5.74, 6) is -0.185. The number of rotatable bonds is 3. The maximum absolute atomic E-state index is 13.3. The molecule has 0 unspecified atom stereocenters. The summed E-state index contributed by atoms with van der Waals surface area (Å²) in [5, 5.41) is 4.92. The number of halogens is 2. The van der Waals surface area contributed by atoms with Crippen LogP contribution in [0.2, 0.25) is 10.0 Å². The van der Waals surface area contributed by atoms with Gasteiger partial charge in [-0.15, -0.1) is 0 Å². The number of para-hydroxylation sites is 1. The number of hydrogen-bond acceptors (Lipinski definition) is 2. The lowest BCUT2D eigenvalue weighted by Gasteiger charge is -2.15. The summed E-state index contributed by atoms with van der Waals surface area (Å²) < 4.78 is 0. The normalized spacial score (nSPS) is 11.0. The fraction of sp³-hybridized carbons (Fsp3) is 0.120. The molecular formula is C25H20Cl2N2O. The fourth-order valence-electron chi connectivity index (χ4n) is 3.76. The summed E-state index contributed by atoms with van der Waals surface area (Å²) in [4.78, 5) is 18.1. The topological polar surface area (TPSA) is 42.0 Å². The van der Waals surface area contributed by atoms with Crippen molar-refractivity contribution in [3.8, 4) is 11.3 Å². The summed E-state index contributed by atoms with van der Waals surface area (Å²) in [5.41, 5.74) is 6.67. The molecule has 30 heavy (non-hydrogen) atoms. The first-order chi connectivity index (χ1) is 14.3. The molecule has 0 atom stereocenters. The van der Waals surface area contributed by atoms with Gasteiger partial charge in [-0.05, 0) is 62.2 Å². The van der Waals surface area contributed by atoms with Gasteiger partial charge in [0.25, 0.3) is 5.91 Å². The first-order valence-electron chi connectivity index (χ1n) is 9.58. The monoisotopic (exact) mass is 434 g/mol. The van der Waals surface area contributed by atoms with Crippen molar-refractivity contribution in [2.45, 2.75) is 20.8 Å². The first kappa shape index (κ1) is 20.4. The third kappa shape index (κ3) is 3.91. The molecule has 0 aliphatic rings. The molecule has 150 valence electrons. The Kier molecular flexibility index (Phi) is 5.50. The molecule has 1 amide bonds. The van der Waals surface area contributed by atoms with Crippen LogP contribution < -0.4 is 5.32 Å². The molecule has 0 aliphatic carbocycles. The zero-order valence-electron chi connectivity index (χ0n) is 16.9. The quantitative estimate of drug-likeness (QED) is 0.365. The molecule has 1 N–H and O–H groups in total. The lowest BCUT2D eigenvalue weighted by Crippen LogP contribution is -2.15. The molecule has 0 saturated heterocycles. The van der Waals surface area contributed by atoms with Crippen LogP contribution in [0.5, 0.6) is 0 Å². The maximum Gasteiger partial charge on any atom is 0.256 e. The third-order valence-electron chi connectivity index (χ3n) is 5.08. The number of nitrogens with one attached hydrogen (secondary N) is 1. The van der Waals surface area contributed by atoms with Gasteiger partial charge in [0.05, 0.1) is 21.8 Å². The highest BCUT2D eigenvalue weighted by Crippen LogP contribution is 2.32. The highest BCUT2D eigenvalue weighted by atomic mass is 35.5. The van der Waals surface area contributed by atoms with Gasteiger partial charge in [-0.2, -0.15) is 0 Å². The lowest BCUT2D eigenvalue weighted by atomic mass is 10.0. The minimum absolute atomic E-state index is 0.185. The van der Waals surface area contributed by atoms with Crippen molar-refractivity contribution in [2.75, 3.05) is 5.32 Å². The van der Waals surface area contributed by atoms with Crippen LogP contribution in [-0.2, 0) is 0 Å². The van der Waals surface area contributed by atoms with E-state index in [4.69, 9.17) is 28.2 Å². The lowest BCUT2D eigenvalue weighted by molar-refractivity contribution is 0.102. The van der Waals surface area contributed by atoms with Crippen molar-refractivity contribution in [1.82, 2.24) is 4.98 Å². The minimum Gasteiger partial charge on any atom is -0.321 e. The Labute approximate surface area is 185 Å². The number of anilines is 1. The molecule has 1 heterocycles. The summed E-state index contributed by atoms with van der Waals surface area (Å²) in [6.45, 7) is 6.04.